The second-order valence-electron chi connectivity index (χ2n) is 5.53. The molecule has 0 aliphatic carbocycles. The van der Waals surface area contributed by atoms with Crippen LogP contribution in [0.1, 0.15) is 29.6 Å². The minimum Gasteiger partial charge on any atom is -0.485 e. The molecular formula is C15H18N2O3. The molecule has 2 amide bonds. The van der Waals surface area contributed by atoms with E-state index in [1.54, 1.807) is 11.0 Å². The van der Waals surface area contributed by atoms with Crippen molar-refractivity contribution in [3.05, 3.63) is 29.8 Å². The molecule has 1 N–H and O–H groups in total. The summed E-state index contributed by atoms with van der Waals surface area (Å²) in [5.74, 6) is 0.634. The molecule has 20 heavy (non-hydrogen) atoms. The normalized spacial score (nSPS) is 26.4. The van der Waals surface area contributed by atoms with Crippen LogP contribution in [0.4, 0.5) is 0 Å². The third kappa shape index (κ3) is 2.24. The number of rotatable bonds is 0. The fraction of sp³-hybridized carbons (Fsp3) is 0.467. The van der Waals surface area contributed by atoms with E-state index in [1.807, 2.05) is 25.2 Å². The molecule has 1 atom stereocenters. The smallest absolute Gasteiger partial charge is 0.255 e. The zero-order valence-electron chi connectivity index (χ0n) is 11.5. The van der Waals surface area contributed by atoms with Crippen LogP contribution < -0.4 is 10.1 Å². The molecule has 1 unspecified atom stereocenters. The standard InChI is InChI=1S/C15H18N2O3/c1-17-9-8-15(7-6-13(17)18)10-16-14(19)11-4-2-3-5-12(11)20-15/h2-5H,6-10H2,1H3,(H,16,19). The number of carbonyl (C=O) groups is 2. The Balaban J connectivity index is 1.92. The highest BCUT2D eigenvalue weighted by molar-refractivity contribution is 5.97. The van der Waals surface area contributed by atoms with Crippen molar-refractivity contribution in [2.75, 3.05) is 20.1 Å². The van der Waals surface area contributed by atoms with Gasteiger partial charge in [0.2, 0.25) is 5.91 Å². The first-order valence-corrected chi connectivity index (χ1v) is 6.90. The molecule has 1 fully saturated rings. The number of benzene rings is 1. The van der Waals surface area contributed by atoms with E-state index >= 15 is 0 Å². The lowest BCUT2D eigenvalue weighted by Crippen LogP contribution is -2.45. The minimum atomic E-state index is -0.483. The van der Waals surface area contributed by atoms with Crippen LogP contribution in [0.25, 0.3) is 0 Å². The van der Waals surface area contributed by atoms with Crippen LogP contribution in [-0.2, 0) is 4.79 Å². The van der Waals surface area contributed by atoms with E-state index in [9.17, 15) is 9.59 Å². The molecule has 2 heterocycles. The van der Waals surface area contributed by atoms with Gasteiger partial charge in [-0.2, -0.15) is 0 Å². The Morgan fingerprint density at radius 3 is 2.90 bits per heavy atom. The summed E-state index contributed by atoms with van der Waals surface area (Å²) in [6.07, 6.45) is 1.81. The predicted octanol–water partition coefficient (Wildman–Crippen LogP) is 1.19. The van der Waals surface area contributed by atoms with Gasteiger partial charge in [-0.05, 0) is 18.6 Å². The van der Waals surface area contributed by atoms with Crippen molar-refractivity contribution in [2.24, 2.45) is 0 Å². The molecule has 5 nitrogen and oxygen atoms in total. The molecule has 106 valence electrons. The summed E-state index contributed by atoms with van der Waals surface area (Å²) in [6, 6.07) is 7.26. The molecule has 2 aliphatic rings. The lowest BCUT2D eigenvalue weighted by Gasteiger charge is -2.31. The van der Waals surface area contributed by atoms with Crippen LogP contribution in [0.3, 0.4) is 0 Å². The van der Waals surface area contributed by atoms with Crippen molar-refractivity contribution < 1.29 is 14.3 Å². The number of hydrogen-bond donors (Lipinski definition) is 1. The van der Waals surface area contributed by atoms with E-state index in [0.29, 0.717) is 37.2 Å². The van der Waals surface area contributed by atoms with Gasteiger partial charge in [0.15, 0.2) is 0 Å². The van der Waals surface area contributed by atoms with Crippen molar-refractivity contribution in [3.63, 3.8) is 0 Å². The van der Waals surface area contributed by atoms with Gasteiger partial charge in [-0.3, -0.25) is 9.59 Å². The molecule has 5 heteroatoms. The number of amides is 2. The average Bonchev–Trinajstić information content (AvgIpc) is 2.69. The Kier molecular flexibility index (Phi) is 3.12. The predicted molar refractivity (Wildman–Crippen MR) is 73.6 cm³/mol. The summed E-state index contributed by atoms with van der Waals surface area (Å²) in [4.78, 5) is 25.6. The lowest BCUT2D eigenvalue weighted by atomic mass is 9.94. The van der Waals surface area contributed by atoms with Crippen LogP contribution in [-0.4, -0.2) is 42.5 Å². The Labute approximate surface area is 117 Å². The molecule has 0 radical (unpaired) electrons. The summed E-state index contributed by atoms with van der Waals surface area (Å²) in [5.41, 5.74) is 0.0798. The van der Waals surface area contributed by atoms with E-state index in [2.05, 4.69) is 5.32 Å². The number of ether oxygens (including phenoxy) is 1. The molecule has 0 saturated carbocycles. The van der Waals surface area contributed by atoms with Crippen LogP contribution >= 0.6 is 0 Å². The van der Waals surface area contributed by atoms with Gasteiger partial charge in [-0.15, -0.1) is 0 Å². The van der Waals surface area contributed by atoms with Gasteiger partial charge in [0.25, 0.3) is 5.91 Å². The van der Waals surface area contributed by atoms with Gasteiger partial charge < -0.3 is 15.0 Å². The number of carbonyl (C=O) groups excluding carboxylic acids is 2. The number of hydrogen-bond acceptors (Lipinski definition) is 3. The highest BCUT2D eigenvalue weighted by Gasteiger charge is 2.39. The fourth-order valence-electron chi connectivity index (χ4n) is 2.77. The second kappa shape index (κ2) is 4.81. The van der Waals surface area contributed by atoms with E-state index in [-0.39, 0.29) is 11.8 Å². The van der Waals surface area contributed by atoms with Crippen LogP contribution in [0.15, 0.2) is 24.3 Å². The number of likely N-dealkylation sites (tertiary alicyclic amines) is 1. The summed E-state index contributed by atoms with van der Waals surface area (Å²) in [5, 5.41) is 2.92. The van der Waals surface area contributed by atoms with Crippen molar-refractivity contribution in [1.29, 1.82) is 0 Å². The topological polar surface area (TPSA) is 58.6 Å². The highest BCUT2D eigenvalue weighted by Crippen LogP contribution is 2.32. The van der Waals surface area contributed by atoms with Crippen LogP contribution in [0.2, 0.25) is 0 Å². The maximum Gasteiger partial charge on any atom is 0.255 e. The van der Waals surface area contributed by atoms with Crippen molar-refractivity contribution >= 4 is 11.8 Å². The van der Waals surface area contributed by atoms with E-state index < -0.39 is 5.60 Å². The molecule has 3 rings (SSSR count). The summed E-state index contributed by atoms with van der Waals surface area (Å²) in [7, 11) is 1.81. The molecule has 1 aromatic rings. The quantitative estimate of drug-likeness (QED) is 0.773. The van der Waals surface area contributed by atoms with Gasteiger partial charge in [0, 0.05) is 26.4 Å². The Morgan fingerprint density at radius 2 is 2.05 bits per heavy atom. The molecule has 1 aromatic carbocycles. The number of nitrogens with one attached hydrogen (secondary N) is 1. The fourth-order valence-corrected chi connectivity index (χ4v) is 2.77. The van der Waals surface area contributed by atoms with Crippen molar-refractivity contribution in [1.82, 2.24) is 10.2 Å². The van der Waals surface area contributed by atoms with Gasteiger partial charge in [-0.25, -0.2) is 0 Å². The first kappa shape index (κ1) is 13.0. The van der Waals surface area contributed by atoms with E-state index in [4.69, 9.17) is 4.74 Å². The molecule has 0 aromatic heterocycles. The first-order valence-electron chi connectivity index (χ1n) is 6.90. The van der Waals surface area contributed by atoms with E-state index in [0.717, 1.165) is 6.42 Å². The monoisotopic (exact) mass is 274 g/mol. The second-order valence-corrected chi connectivity index (χ2v) is 5.53. The van der Waals surface area contributed by atoms with Crippen molar-refractivity contribution in [3.8, 4) is 5.75 Å². The van der Waals surface area contributed by atoms with E-state index in [1.165, 1.54) is 0 Å². The molecular weight excluding hydrogens is 256 g/mol. The number of fused-ring (bicyclic) bond motifs is 1. The minimum absolute atomic E-state index is 0.110. The highest BCUT2D eigenvalue weighted by atomic mass is 16.5. The van der Waals surface area contributed by atoms with Gasteiger partial charge >= 0.3 is 0 Å². The van der Waals surface area contributed by atoms with Crippen LogP contribution in [0, 0.1) is 0 Å². The third-order valence-electron chi connectivity index (χ3n) is 4.15. The third-order valence-corrected chi connectivity index (χ3v) is 4.15. The maximum atomic E-state index is 12.1. The molecule has 2 aliphatic heterocycles. The zero-order valence-corrected chi connectivity index (χ0v) is 11.5. The average molecular weight is 274 g/mol. The zero-order chi connectivity index (χ0) is 14.2. The lowest BCUT2D eigenvalue weighted by molar-refractivity contribution is -0.129. The molecule has 1 spiro atoms. The SMILES string of the molecule is CN1CCC2(CCC1=O)CNC(=O)c1ccccc1O2. The van der Waals surface area contributed by atoms with Gasteiger partial charge in [0.1, 0.15) is 11.4 Å². The molecule has 0 bridgehead atoms. The Morgan fingerprint density at radius 1 is 1.25 bits per heavy atom. The van der Waals surface area contributed by atoms with Crippen molar-refractivity contribution in [2.45, 2.75) is 24.9 Å². The maximum absolute atomic E-state index is 12.1. The van der Waals surface area contributed by atoms with Crippen LogP contribution in [0.5, 0.6) is 5.75 Å². The summed E-state index contributed by atoms with van der Waals surface area (Å²) >= 11 is 0. The number of para-hydroxylation sites is 1. The Bertz CT molecular complexity index is 554. The summed E-state index contributed by atoms with van der Waals surface area (Å²) in [6.45, 7) is 1.10. The first-order chi connectivity index (χ1) is 9.60. The Hall–Kier alpha value is -2.04. The van der Waals surface area contributed by atoms with Gasteiger partial charge in [-0.1, -0.05) is 12.1 Å². The number of nitrogens with zero attached hydrogens (tertiary/aromatic N) is 1. The molecule has 1 saturated heterocycles. The summed E-state index contributed by atoms with van der Waals surface area (Å²) < 4.78 is 6.17. The van der Waals surface area contributed by atoms with Gasteiger partial charge in [0.05, 0.1) is 12.1 Å². The largest absolute Gasteiger partial charge is 0.485 e.